The van der Waals surface area contributed by atoms with Gasteiger partial charge in [-0.15, -0.1) is 0 Å². The van der Waals surface area contributed by atoms with Crippen LogP contribution in [0.1, 0.15) is 12.0 Å². The lowest BCUT2D eigenvalue weighted by Gasteiger charge is -2.19. The monoisotopic (exact) mass is 231 g/mol. The van der Waals surface area contributed by atoms with Crippen molar-refractivity contribution in [2.45, 2.75) is 19.0 Å². The van der Waals surface area contributed by atoms with Crippen LogP contribution in [-0.4, -0.2) is 19.3 Å². The van der Waals surface area contributed by atoms with E-state index < -0.39 is 12.8 Å². The van der Waals surface area contributed by atoms with Gasteiger partial charge in [0.25, 0.3) is 0 Å². The predicted molar refractivity (Wildman–Crippen MR) is 54.8 cm³/mol. The largest absolute Gasteiger partial charge is 0.484 e. The fourth-order valence-corrected chi connectivity index (χ4v) is 1.71. The van der Waals surface area contributed by atoms with Gasteiger partial charge in [-0.1, -0.05) is 0 Å². The van der Waals surface area contributed by atoms with Gasteiger partial charge in [0.2, 0.25) is 0 Å². The Labute approximate surface area is 91.4 Å². The lowest BCUT2D eigenvalue weighted by molar-refractivity contribution is -0.153. The molecule has 0 radical (unpaired) electrons. The summed E-state index contributed by atoms with van der Waals surface area (Å²) in [7, 11) is 0. The third-order valence-electron chi connectivity index (χ3n) is 2.42. The van der Waals surface area contributed by atoms with Crippen molar-refractivity contribution in [2.75, 3.05) is 18.5 Å². The van der Waals surface area contributed by atoms with Crippen LogP contribution < -0.4 is 10.1 Å². The Morgan fingerprint density at radius 3 is 2.88 bits per heavy atom. The van der Waals surface area contributed by atoms with Crippen LogP contribution in [0.25, 0.3) is 0 Å². The second-order valence-corrected chi connectivity index (χ2v) is 3.75. The number of halogens is 3. The lowest BCUT2D eigenvalue weighted by Crippen LogP contribution is -2.19. The zero-order chi connectivity index (χ0) is 11.6. The molecule has 0 amide bonds. The first-order valence-electron chi connectivity index (χ1n) is 5.11. The topological polar surface area (TPSA) is 21.3 Å². The minimum Gasteiger partial charge on any atom is -0.484 e. The molecule has 1 aromatic carbocycles. The van der Waals surface area contributed by atoms with E-state index in [1.165, 1.54) is 0 Å². The number of aryl methyl sites for hydroxylation is 1. The van der Waals surface area contributed by atoms with E-state index in [1.807, 2.05) is 0 Å². The Hall–Kier alpha value is -1.39. The Kier molecular flexibility index (Phi) is 2.94. The van der Waals surface area contributed by atoms with E-state index in [0.29, 0.717) is 0 Å². The summed E-state index contributed by atoms with van der Waals surface area (Å²) < 4.78 is 40.5. The summed E-state index contributed by atoms with van der Waals surface area (Å²) in [4.78, 5) is 0. The van der Waals surface area contributed by atoms with Crippen LogP contribution in [0.15, 0.2) is 18.2 Å². The van der Waals surface area contributed by atoms with E-state index >= 15 is 0 Å². The normalized spacial score (nSPS) is 15.2. The molecule has 0 aromatic heterocycles. The minimum atomic E-state index is -4.28. The summed E-state index contributed by atoms with van der Waals surface area (Å²) in [5.74, 6) is 0.278. The van der Waals surface area contributed by atoms with E-state index in [2.05, 4.69) is 10.1 Å². The number of rotatable bonds is 2. The molecule has 5 heteroatoms. The second-order valence-electron chi connectivity index (χ2n) is 3.75. The van der Waals surface area contributed by atoms with Crippen LogP contribution >= 0.6 is 0 Å². The Morgan fingerprint density at radius 1 is 1.31 bits per heavy atom. The molecule has 0 spiro atoms. The zero-order valence-electron chi connectivity index (χ0n) is 8.60. The highest BCUT2D eigenvalue weighted by atomic mass is 19.4. The smallest absolute Gasteiger partial charge is 0.422 e. The van der Waals surface area contributed by atoms with Gasteiger partial charge in [0.1, 0.15) is 5.75 Å². The molecular weight excluding hydrogens is 219 g/mol. The molecule has 16 heavy (non-hydrogen) atoms. The number of benzene rings is 1. The van der Waals surface area contributed by atoms with Crippen LogP contribution in [0.4, 0.5) is 18.9 Å². The highest BCUT2D eigenvalue weighted by molar-refractivity contribution is 5.55. The molecule has 0 aliphatic carbocycles. The van der Waals surface area contributed by atoms with Gasteiger partial charge in [-0.3, -0.25) is 0 Å². The minimum absolute atomic E-state index is 0.278. The molecule has 0 atom stereocenters. The molecule has 0 saturated heterocycles. The van der Waals surface area contributed by atoms with Gasteiger partial charge >= 0.3 is 6.18 Å². The number of ether oxygens (including phenoxy) is 1. The van der Waals surface area contributed by atoms with E-state index in [1.54, 1.807) is 18.2 Å². The van der Waals surface area contributed by atoms with Gasteiger partial charge < -0.3 is 10.1 Å². The first-order valence-corrected chi connectivity index (χ1v) is 5.11. The highest BCUT2D eigenvalue weighted by Crippen LogP contribution is 2.27. The lowest BCUT2D eigenvalue weighted by atomic mass is 10.0. The van der Waals surface area contributed by atoms with Crippen molar-refractivity contribution >= 4 is 5.69 Å². The van der Waals surface area contributed by atoms with E-state index in [4.69, 9.17) is 0 Å². The third-order valence-corrected chi connectivity index (χ3v) is 2.42. The maximum atomic E-state index is 11.9. The second kappa shape index (κ2) is 4.23. The van der Waals surface area contributed by atoms with E-state index in [9.17, 15) is 13.2 Å². The first-order chi connectivity index (χ1) is 7.54. The van der Waals surface area contributed by atoms with Crippen molar-refractivity contribution in [1.82, 2.24) is 0 Å². The fourth-order valence-electron chi connectivity index (χ4n) is 1.71. The average molecular weight is 231 g/mol. The van der Waals surface area contributed by atoms with Crippen LogP contribution in [0.2, 0.25) is 0 Å². The maximum Gasteiger partial charge on any atom is 0.422 e. The fraction of sp³-hybridized carbons (Fsp3) is 0.455. The van der Waals surface area contributed by atoms with Gasteiger partial charge in [-0.25, -0.2) is 0 Å². The quantitative estimate of drug-likeness (QED) is 0.844. The maximum absolute atomic E-state index is 11.9. The first kappa shape index (κ1) is 11.1. The van der Waals surface area contributed by atoms with Crippen LogP contribution in [0.5, 0.6) is 5.75 Å². The van der Waals surface area contributed by atoms with Gasteiger partial charge in [-0.2, -0.15) is 13.2 Å². The molecule has 0 saturated carbocycles. The molecule has 1 aromatic rings. The van der Waals surface area contributed by atoms with Crippen molar-refractivity contribution in [3.63, 3.8) is 0 Å². The average Bonchev–Trinajstić information content (AvgIpc) is 2.25. The summed E-state index contributed by atoms with van der Waals surface area (Å²) in [6.07, 6.45) is -2.41. The van der Waals surface area contributed by atoms with E-state index in [0.717, 1.165) is 30.6 Å². The summed E-state index contributed by atoms with van der Waals surface area (Å²) in [6.45, 7) is -0.324. The molecule has 1 aliphatic rings. The molecule has 0 fully saturated rings. The number of hydrogen-bond acceptors (Lipinski definition) is 2. The standard InChI is InChI=1S/C11H12F3NO/c12-11(13,14)7-16-9-3-4-10-8(6-9)2-1-5-15-10/h3-4,6,15H,1-2,5,7H2. The molecule has 2 rings (SSSR count). The molecule has 1 aliphatic heterocycles. The third kappa shape index (κ3) is 2.81. The summed E-state index contributed by atoms with van der Waals surface area (Å²) >= 11 is 0. The number of fused-ring (bicyclic) bond motifs is 1. The number of nitrogens with one attached hydrogen (secondary N) is 1. The molecule has 88 valence electrons. The van der Waals surface area contributed by atoms with Crippen molar-refractivity contribution in [2.24, 2.45) is 0 Å². The molecule has 0 bridgehead atoms. The summed E-state index contributed by atoms with van der Waals surface area (Å²) in [5.41, 5.74) is 2.01. The van der Waals surface area contributed by atoms with Crippen molar-refractivity contribution in [3.05, 3.63) is 23.8 Å². The van der Waals surface area contributed by atoms with Gasteiger partial charge in [0, 0.05) is 12.2 Å². The van der Waals surface area contributed by atoms with Gasteiger partial charge in [0.15, 0.2) is 6.61 Å². The number of anilines is 1. The highest BCUT2D eigenvalue weighted by Gasteiger charge is 2.28. The molecule has 1 heterocycles. The summed E-state index contributed by atoms with van der Waals surface area (Å²) in [5, 5.41) is 3.18. The van der Waals surface area contributed by atoms with Crippen molar-refractivity contribution in [3.8, 4) is 5.75 Å². The van der Waals surface area contributed by atoms with Crippen molar-refractivity contribution in [1.29, 1.82) is 0 Å². The Balaban J connectivity index is 2.06. The molecular formula is C11H12F3NO. The molecule has 2 nitrogen and oxygen atoms in total. The molecule has 0 unspecified atom stereocenters. The van der Waals surface area contributed by atoms with Crippen LogP contribution in [0, 0.1) is 0 Å². The van der Waals surface area contributed by atoms with Gasteiger partial charge in [0.05, 0.1) is 0 Å². The Morgan fingerprint density at radius 2 is 2.12 bits per heavy atom. The Bertz CT molecular complexity index is 376. The number of alkyl halides is 3. The van der Waals surface area contributed by atoms with Gasteiger partial charge in [-0.05, 0) is 36.6 Å². The van der Waals surface area contributed by atoms with E-state index in [-0.39, 0.29) is 5.75 Å². The SMILES string of the molecule is FC(F)(F)COc1ccc2c(c1)CCCN2. The van der Waals surface area contributed by atoms with Crippen LogP contribution in [-0.2, 0) is 6.42 Å². The van der Waals surface area contributed by atoms with Crippen LogP contribution in [0.3, 0.4) is 0 Å². The number of hydrogen-bond donors (Lipinski definition) is 1. The zero-order valence-corrected chi connectivity index (χ0v) is 8.60. The van der Waals surface area contributed by atoms with Crippen molar-refractivity contribution < 1.29 is 17.9 Å². The molecule has 1 N–H and O–H groups in total. The summed E-state index contributed by atoms with van der Waals surface area (Å²) in [6, 6.07) is 5.00. The predicted octanol–water partition coefficient (Wildman–Crippen LogP) is 2.99.